The highest BCUT2D eigenvalue weighted by Gasteiger charge is 2.49. The van der Waals surface area contributed by atoms with E-state index in [1.54, 1.807) is 11.8 Å². The van der Waals surface area contributed by atoms with Crippen molar-refractivity contribution in [2.24, 2.45) is 23.7 Å². The summed E-state index contributed by atoms with van der Waals surface area (Å²) in [6, 6.07) is 0.671. The fourth-order valence-electron chi connectivity index (χ4n) is 7.41. The molecule has 2 heterocycles. The van der Waals surface area contributed by atoms with Crippen LogP contribution in [0, 0.1) is 23.7 Å². The van der Waals surface area contributed by atoms with Crippen molar-refractivity contribution >= 4 is 30.1 Å². The summed E-state index contributed by atoms with van der Waals surface area (Å²) in [4.78, 5) is 14.3. The predicted molar refractivity (Wildman–Crippen MR) is 131 cm³/mol. The van der Waals surface area contributed by atoms with Crippen LogP contribution in [-0.4, -0.2) is 41.5 Å². The number of aromatic nitrogens is 1. The molecule has 1 saturated heterocycles. The van der Waals surface area contributed by atoms with Gasteiger partial charge in [-0.1, -0.05) is 19.3 Å². The highest BCUT2D eigenvalue weighted by Crippen LogP contribution is 2.53. The van der Waals surface area contributed by atoms with Gasteiger partial charge in [0.15, 0.2) is 0 Å². The van der Waals surface area contributed by atoms with Gasteiger partial charge in [0.05, 0.1) is 0 Å². The van der Waals surface area contributed by atoms with E-state index >= 15 is 0 Å². The van der Waals surface area contributed by atoms with Gasteiger partial charge in [-0.05, 0) is 93.2 Å². The van der Waals surface area contributed by atoms with Crippen molar-refractivity contribution in [3.05, 3.63) is 5.76 Å². The fourth-order valence-corrected chi connectivity index (χ4v) is 8.75. The average molecular weight is 496 g/mol. The van der Waals surface area contributed by atoms with E-state index in [2.05, 4.69) is 15.8 Å². The second kappa shape index (κ2) is 10.4. The molecule has 6 fully saturated rings. The molecule has 1 aromatic rings. The van der Waals surface area contributed by atoms with Gasteiger partial charge in [0.25, 0.3) is 11.8 Å². The molecule has 7 rings (SSSR count). The molecule has 8 heteroatoms. The number of carbonyl (C=O) groups is 1. The Hall–Kier alpha value is -0.920. The Balaban J connectivity index is 0.00000228. The maximum absolute atomic E-state index is 13.4. The number of carbonyl (C=O) groups excluding carboxylic acids is 1. The van der Waals surface area contributed by atoms with E-state index in [0.717, 1.165) is 29.7 Å². The molecule has 4 bridgehead atoms. The number of ether oxygens (including phenoxy) is 1. The molecule has 6 nitrogen and oxygen atoms in total. The Bertz CT molecular complexity index is 794. The normalized spacial score (nSPS) is 35.4. The second-order valence-electron chi connectivity index (χ2n) is 11.1. The molecule has 184 valence electrons. The zero-order valence-corrected chi connectivity index (χ0v) is 21.1. The van der Waals surface area contributed by atoms with E-state index in [9.17, 15) is 4.79 Å². The molecule has 5 aliphatic carbocycles. The Morgan fingerprint density at radius 3 is 2.42 bits per heavy atom. The number of nitrogens with zero attached hydrogens (tertiary/aromatic N) is 1. The minimum absolute atomic E-state index is 0. The van der Waals surface area contributed by atoms with Crippen LogP contribution in [0.25, 0.3) is 0 Å². The lowest BCUT2D eigenvalue weighted by Crippen LogP contribution is -2.55. The molecule has 0 unspecified atom stereocenters. The molecule has 0 aromatic carbocycles. The van der Waals surface area contributed by atoms with Crippen molar-refractivity contribution in [2.75, 3.05) is 13.2 Å². The summed E-state index contributed by atoms with van der Waals surface area (Å²) >= 11 is 1.76. The number of amides is 1. The first kappa shape index (κ1) is 23.8. The summed E-state index contributed by atoms with van der Waals surface area (Å²) in [6.45, 7) is 1.64. The van der Waals surface area contributed by atoms with Crippen LogP contribution in [0.1, 0.15) is 87.6 Å². The number of rotatable bonds is 7. The summed E-state index contributed by atoms with van der Waals surface area (Å²) in [5.41, 5.74) is 0. The van der Waals surface area contributed by atoms with Crippen LogP contribution >= 0.6 is 24.2 Å². The number of thioether (sulfide) groups is 1. The lowest BCUT2D eigenvalue weighted by Gasteiger charge is -2.54. The zero-order valence-electron chi connectivity index (χ0n) is 19.4. The van der Waals surface area contributed by atoms with E-state index in [1.807, 2.05) is 0 Å². The highest BCUT2D eigenvalue weighted by atomic mass is 35.5. The third-order valence-electron chi connectivity index (χ3n) is 8.77. The van der Waals surface area contributed by atoms with Gasteiger partial charge in [0.1, 0.15) is 11.5 Å². The molecule has 5 saturated carbocycles. The smallest absolute Gasteiger partial charge is 0.291 e. The molecule has 2 N–H and O–H groups in total. The lowest BCUT2D eigenvalue weighted by atomic mass is 9.54. The quantitative estimate of drug-likeness (QED) is 0.541. The third kappa shape index (κ3) is 5.06. The molecule has 1 aliphatic heterocycles. The largest absolute Gasteiger partial charge is 0.473 e. The van der Waals surface area contributed by atoms with Crippen LogP contribution in [0.4, 0.5) is 0 Å². The van der Waals surface area contributed by atoms with Crippen molar-refractivity contribution in [2.45, 2.75) is 99.3 Å². The SMILES string of the molecule is Cl.O=C(NC1C2CC3CC(C2)CC1C3)c1onc(OC[C@@H]2CCCN2)c1SC1CCCCC1. The highest BCUT2D eigenvalue weighted by molar-refractivity contribution is 8.00. The van der Waals surface area contributed by atoms with Crippen LogP contribution in [0.15, 0.2) is 9.42 Å². The van der Waals surface area contributed by atoms with E-state index in [4.69, 9.17) is 9.26 Å². The Morgan fingerprint density at radius 1 is 1.03 bits per heavy atom. The number of hydrogen-bond donors (Lipinski definition) is 2. The first-order chi connectivity index (χ1) is 15.7. The monoisotopic (exact) mass is 495 g/mol. The van der Waals surface area contributed by atoms with Crippen molar-refractivity contribution in [1.29, 1.82) is 0 Å². The summed E-state index contributed by atoms with van der Waals surface area (Å²) < 4.78 is 11.8. The van der Waals surface area contributed by atoms with Crippen LogP contribution in [0.3, 0.4) is 0 Å². The van der Waals surface area contributed by atoms with Gasteiger partial charge in [0, 0.05) is 17.3 Å². The number of hydrogen-bond acceptors (Lipinski definition) is 6. The van der Waals surface area contributed by atoms with Gasteiger partial charge >= 0.3 is 0 Å². The average Bonchev–Trinajstić information content (AvgIpc) is 3.45. The van der Waals surface area contributed by atoms with E-state index in [0.29, 0.717) is 47.4 Å². The van der Waals surface area contributed by atoms with Gasteiger partial charge in [-0.25, -0.2) is 0 Å². The molecule has 1 aromatic heterocycles. The zero-order chi connectivity index (χ0) is 21.5. The van der Waals surface area contributed by atoms with Crippen molar-refractivity contribution in [1.82, 2.24) is 15.8 Å². The van der Waals surface area contributed by atoms with E-state index in [-0.39, 0.29) is 18.3 Å². The van der Waals surface area contributed by atoms with E-state index in [1.165, 1.54) is 70.6 Å². The first-order valence-electron chi connectivity index (χ1n) is 13.1. The van der Waals surface area contributed by atoms with Crippen molar-refractivity contribution in [3.8, 4) is 5.88 Å². The lowest BCUT2D eigenvalue weighted by molar-refractivity contribution is -0.0124. The van der Waals surface area contributed by atoms with Gasteiger partial charge in [-0.2, -0.15) is 0 Å². The Labute approximate surface area is 207 Å². The summed E-state index contributed by atoms with van der Waals surface area (Å²) in [5, 5.41) is 11.6. The number of halogens is 1. The van der Waals surface area contributed by atoms with Crippen LogP contribution in [0.5, 0.6) is 5.88 Å². The summed E-state index contributed by atoms with van der Waals surface area (Å²) in [5.74, 6) is 3.92. The second-order valence-corrected chi connectivity index (χ2v) is 12.4. The maximum Gasteiger partial charge on any atom is 0.291 e. The van der Waals surface area contributed by atoms with Crippen LogP contribution in [0.2, 0.25) is 0 Å². The predicted octanol–water partition coefficient (Wildman–Crippen LogP) is 5.21. The van der Waals surface area contributed by atoms with Gasteiger partial charge in [0.2, 0.25) is 5.76 Å². The standard InChI is InChI=1S/C25H37N3O3S.ClH/c29-24(27-21-17-10-15-9-16(12-17)13-18(21)11-15)22-23(32-20-6-2-1-3-7-20)25(28-31-22)30-14-19-5-4-8-26-19;/h15-21,26H,1-14H2,(H,27,29);1H/t15?,16?,17?,18?,19-,21?;/m0./s1. The molecule has 33 heavy (non-hydrogen) atoms. The Kier molecular flexibility index (Phi) is 7.48. The third-order valence-corrected chi connectivity index (χ3v) is 10.2. The Morgan fingerprint density at radius 2 is 1.76 bits per heavy atom. The molecule has 1 atom stereocenters. The van der Waals surface area contributed by atoms with Crippen LogP contribution in [-0.2, 0) is 0 Å². The van der Waals surface area contributed by atoms with Gasteiger partial charge in [-0.15, -0.1) is 24.2 Å². The maximum atomic E-state index is 13.4. The molecular weight excluding hydrogens is 458 g/mol. The molecule has 0 radical (unpaired) electrons. The molecular formula is C25H38ClN3O3S. The minimum atomic E-state index is -0.0814. The van der Waals surface area contributed by atoms with Crippen LogP contribution < -0.4 is 15.4 Å². The van der Waals surface area contributed by atoms with Gasteiger partial charge < -0.3 is 19.9 Å². The first-order valence-corrected chi connectivity index (χ1v) is 13.9. The molecule has 1 amide bonds. The molecule has 6 aliphatic rings. The summed E-state index contributed by atoms with van der Waals surface area (Å²) in [6.07, 6.45) is 15.1. The van der Waals surface area contributed by atoms with Gasteiger partial charge in [-0.3, -0.25) is 4.79 Å². The number of nitrogens with one attached hydrogen (secondary N) is 2. The molecule has 0 spiro atoms. The summed E-state index contributed by atoms with van der Waals surface area (Å²) in [7, 11) is 0. The van der Waals surface area contributed by atoms with Crippen molar-refractivity contribution in [3.63, 3.8) is 0 Å². The fraction of sp³-hybridized carbons (Fsp3) is 0.840. The van der Waals surface area contributed by atoms with Crippen molar-refractivity contribution < 1.29 is 14.1 Å². The topological polar surface area (TPSA) is 76.4 Å². The van der Waals surface area contributed by atoms with E-state index < -0.39 is 0 Å². The minimum Gasteiger partial charge on any atom is -0.473 e.